The molecule has 2 rings (SSSR count). The van der Waals surface area contributed by atoms with Crippen molar-refractivity contribution in [2.45, 2.75) is 6.42 Å². The summed E-state index contributed by atoms with van der Waals surface area (Å²) >= 11 is 0. The normalized spacial score (nSPS) is 10.1. The van der Waals surface area contributed by atoms with E-state index in [4.69, 9.17) is 9.47 Å². The molecule has 0 amide bonds. The van der Waals surface area contributed by atoms with Gasteiger partial charge in [-0.3, -0.25) is 10.1 Å². The van der Waals surface area contributed by atoms with E-state index in [0.29, 0.717) is 13.0 Å². The molecule has 0 aliphatic heterocycles. The van der Waals surface area contributed by atoms with Crippen LogP contribution in [-0.2, 0) is 0 Å². The number of non-ortho nitro benzene ring substituents is 1. The molecule has 0 N–H and O–H groups in total. The molecule has 2 aromatic rings. The fourth-order valence-corrected chi connectivity index (χ4v) is 1.67. The highest BCUT2D eigenvalue weighted by Gasteiger charge is 2.11. The molecule has 0 unspecified atom stereocenters. The third-order valence-corrected chi connectivity index (χ3v) is 2.68. The van der Waals surface area contributed by atoms with E-state index >= 15 is 0 Å². The van der Waals surface area contributed by atoms with Gasteiger partial charge in [-0.2, -0.15) is 0 Å². The van der Waals surface area contributed by atoms with E-state index < -0.39 is 10.7 Å². The van der Waals surface area contributed by atoms with Crippen LogP contribution in [0.2, 0.25) is 0 Å². The molecular formula is C15H14FNO4. The first-order valence-corrected chi connectivity index (χ1v) is 6.41. The summed E-state index contributed by atoms with van der Waals surface area (Å²) in [6.07, 6.45) is 0.575. The average Bonchev–Trinajstić information content (AvgIpc) is 2.49. The van der Waals surface area contributed by atoms with Crippen LogP contribution in [-0.4, -0.2) is 18.1 Å². The van der Waals surface area contributed by atoms with Gasteiger partial charge >= 0.3 is 0 Å². The van der Waals surface area contributed by atoms with E-state index in [1.54, 1.807) is 0 Å². The number of rotatable bonds is 7. The van der Waals surface area contributed by atoms with Gasteiger partial charge in [-0.15, -0.1) is 0 Å². The van der Waals surface area contributed by atoms with Crippen LogP contribution in [0.15, 0.2) is 48.5 Å². The molecule has 0 aliphatic carbocycles. The zero-order chi connectivity index (χ0) is 15.1. The van der Waals surface area contributed by atoms with Gasteiger partial charge in [0.2, 0.25) is 0 Å². The summed E-state index contributed by atoms with van der Waals surface area (Å²) in [6, 6.07) is 12.6. The molecule has 0 bridgehead atoms. The van der Waals surface area contributed by atoms with Crippen LogP contribution in [0.1, 0.15) is 6.42 Å². The second-order valence-electron chi connectivity index (χ2n) is 4.24. The van der Waals surface area contributed by atoms with Crippen LogP contribution < -0.4 is 9.47 Å². The second-order valence-corrected chi connectivity index (χ2v) is 4.24. The second kappa shape index (κ2) is 7.23. The number of hydrogen-bond donors (Lipinski definition) is 0. The van der Waals surface area contributed by atoms with E-state index in [1.165, 1.54) is 12.1 Å². The minimum Gasteiger partial charge on any atom is -0.493 e. The van der Waals surface area contributed by atoms with Gasteiger partial charge < -0.3 is 9.47 Å². The standard InChI is InChI=1S/C15H14FNO4/c16-14-11-12(17(18)19)7-8-15(14)21-10-4-9-20-13-5-2-1-3-6-13/h1-3,5-8,11H,4,9-10H2. The number of nitro benzene ring substituents is 1. The summed E-state index contributed by atoms with van der Waals surface area (Å²) in [6.45, 7) is 0.709. The predicted octanol–water partition coefficient (Wildman–Crippen LogP) is 3.58. The van der Waals surface area contributed by atoms with Crippen LogP contribution in [0.4, 0.5) is 10.1 Å². The molecule has 0 saturated heterocycles. The molecule has 21 heavy (non-hydrogen) atoms. The van der Waals surface area contributed by atoms with E-state index in [9.17, 15) is 14.5 Å². The zero-order valence-corrected chi connectivity index (χ0v) is 11.2. The van der Waals surface area contributed by atoms with Gasteiger partial charge in [0.1, 0.15) is 5.75 Å². The lowest BCUT2D eigenvalue weighted by Crippen LogP contribution is -2.06. The largest absolute Gasteiger partial charge is 0.493 e. The lowest BCUT2D eigenvalue weighted by Gasteiger charge is -2.08. The molecule has 0 atom stereocenters. The SMILES string of the molecule is O=[N+]([O-])c1ccc(OCCCOc2ccccc2)c(F)c1. The number of ether oxygens (including phenoxy) is 2. The molecule has 0 spiro atoms. The summed E-state index contributed by atoms with van der Waals surface area (Å²) in [7, 11) is 0. The maximum atomic E-state index is 13.5. The van der Waals surface area contributed by atoms with Gasteiger partial charge in [0, 0.05) is 12.5 Å². The van der Waals surface area contributed by atoms with Gasteiger partial charge in [0.05, 0.1) is 24.2 Å². The molecule has 110 valence electrons. The van der Waals surface area contributed by atoms with Crippen molar-refractivity contribution in [3.8, 4) is 11.5 Å². The Kier molecular flexibility index (Phi) is 5.09. The van der Waals surface area contributed by atoms with Gasteiger partial charge in [0.15, 0.2) is 11.6 Å². The van der Waals surface area contributed by atoms with Gasteiger partial charge in [-0.25, -0.2) is 4.39 Å². The quantitative estimate of drug-likeness (QED) is 0.444. The molecule has 5 nitrogen and oxygen atoms in total. The Morgan fingerprint density at radius 3 is 2.43 bits per heavy atom. The molecule has 2 aromatic carbocycles. The Labute approximate surface area is 121 Å². The summed E-state index contributed by atoms with van der Waals surface area (Å²) in [5, 5.41) is 10.5. The highest BCUT2D eigenvalue weighted by atomic mass is 19.1. The van der Waals surface area contributed by atoms with E-state index in [2.05, 4.69) is 0 Å². The van der Waals surface area contributed by atoms with E-state index in [0.717, 1.165) is 11.8 Å². The van der Waals surface area contributed by atoms with Gasteiger partial charge in [-0.05, 0) is 18.2 Å². The number of nitro groups is 1. The number of para-hydroxylation sites is 1. The first kappa shape index (κ1) is 14.8. The lowest BCUT2D eigenvalue weighted by atomic mass is 10.3. The molecule has 0 fully saturated rings. The Balaban J connectivity index is 1.75. The van der Waals surface area contributed by atoms with Crippen LogP contribution in [0.5, 0.6) is 11.5 Å². The first-order chi connectivity index (χ1) is 10.2. The minimum absolute atomic E-state index is 0.000288. The third-order valence-electron chi connectivity index (χ3n) is 2.68. The highest BCUT2D eigenvalue weighted by Crippen LogP contribution is 2.22. The summed E-state index contributed by atoms with van der Waals surface area (Å²) in [5.74, 6) is 0.0208. The molecule has 0 aromatic heterocycles. The molecular weight excluding hydrogens is 277 g/mol. The highest BCUT2D eigenvalue weighted by molar-refractivity contribution is 5.37. The van der Waals surface area contributed by atoms with Crippen molar-refractivity contribution >= 4 is 5.69 Å². The Morgan fingerprint density at radius 1 is 1.05 bits per heavy atom. The van der Waals surface area contributed by atoms with Crippen molar-refractivity contribution in [3.63, 3.8) is 0 Å². The summed E-state index contributed by atoms with van der Waals surface area (Å²) in [5.41, 5.74) is -0.299. The van der Waals surface area contributed by atoms with Gasteiger partial charge in [-0.1, -0.05) is 18.2 Å². The predicted molar refractivity (Wildman–Crippen MR) is 75.1 cm³/mol. The number of halogens is 1. The van der Waals surface area contributed by atoms with Crippen molar-refractivity contribution in [1.82, 2.24) is 0 Å². The smallest absolute Gasteiger partial charge is 0.272 e. The topological polar surface area (TPSA) is 61.6 Å². The maximum Gasteiger partial charge on any atom is 0.272 e. The Hall–Kier alpha value is -2.63. The molecule has 0 saturated carbocycles. The summed E-state index contributed by atoms with van der Waals surface area (Å²) in [4.78, 5) is 9.83. The molecule has 0 aliphatic rings. The fraction of sp³-hybridized carbons (Fsp3) is 0.200. The van der Waals surface area contributed by atoms with Crippen LogP contribution in [0.3, 0.4) is 0 Å². The average molecular weight is 291 g/mol. The van der Waals surface area contributed by atoms with Crippen LogP contribution in [0, 0.1) is 15.9 Å². The molecule has 6 heteroatoms. The lowest BCUT2D eigenvalue weighted by molar-refractivity contribution is -0.385. The first-order valence-electron chi connectivity index (χ1n) is 6.41. The van der Waals surface area contributed by atoms with Crippen LogP contribution in [0.25, 0.3) is 0 Å². The third kappa shape index (κ3) is 4.45. The zero-order valence-electron chi connectivity index (χ0n) is 11.2. The molecule has 0 heterocycles. The Bertz CT molecular complexity index is 604. The van der Waals surface area contributed by atoms with E-state index in [-0.39, 0.29) is 18.0 Å². The van der Waals surface area contributed by atoms with Crippen molar-refractivity contribution in [3.05, 3.63) is 64.5 Å². The number of nitrogens with zero attached hydrogens (tertiary/aromatic N) is 1. The fourth-order valence-electron chi connectivity index (χ4n) is 1.67. The van der Waals surface area contributed by atoms with Crippen molar-refractivity contribution in [2.75, 3.05) is 13.2 Å². The summed E-state index contributed by atoms with van der Waals surface area (Å²) < 4.78 is 24.2. The maximum absolute atomic E-state index is 13.5. The van der Waals surface area contributed by atoms with E-state index in [1.807, 2.05) is 30.3 Å². The van der Waals surface area contributed by atoms with Crippen molar-refractivity contribution in [1.29, 1.82) is 0 Å². The van der Waals surface area contributed by atoms with Crippen molar-refractivity contribution < 1.29 is 18.8 Å². The number of hydrogen-bond acceptors (Lipinski definition) is 4. The van der Waals surface area contributed by atoms with Gasteiger partial charge in [0.25, 0.3) is 5.69 Å². The monoisotopic (exact) mass is 291 g/mol. The Morgan fingerprint density at radius 2 is 1.76 bits per heavy atom. The van der Waals surface area contributed by atoms with Crippen LogP contribution >= 0.6 is 0 Å². The van der Waals surface area contributed by atoms with Crippen molar-refractivity contribution in [2.24, 2.45) is 0 Å². The number of benzene rings is 2. The minimum atomic E-state index is -0.742. The molecule has 0 radical (unpaired) electrons.